The maximum Gasteiger partial charge on any atom is 0.233 e. The lowest BCUT2D eigenvalue weighted by Crippen LogP contribution is -2.24. The fraction of sp³-hybridized carbons (Fsp3) is 0.158. The van der Waals surface area contributed by atoms with Gasteiger partial charge in [-0.05, 0) is 59.7 Å². The van der Waals surface area contributed by atoms with Crippen molar-refractivity contribution in [2.45, 2.75) is 9.79 Å². The monoisotopic (exact) mass is 854 g/mol. The molecule has 0 saturated carbocycles. The number of hydrogen-bond acceptors (Lipinski definition) is 20. The van der Waals surface area contributed by atoms with Gasteiger partial charge in [-0.15, -0.1) is 0 Å². The number of rotatable bonds is 18. The van der Waals surface area contributed by atoms with Crippen LogP contribution in [0.2, 0.25) is 0 Å². The van der Waals surface area contributed by atoms with E-state index in [-0.39, 0.29) is 84.5 Å². The smallest absolute Gasteiger partial charge is 0.233 e. The van der Waals surface area contributed by atoms with Crippen LogP contribution in [0.4, 0.5) is 58.4 Å². The summed E-state index contributed by atoms with van der Waals surface area (Å²) in [7, 11) is -6.93. The molecule has 0 aliphatic carbocycles. The highest BCUT2D eigenvalue weighted by Gasteiger charge is 2.16. The van der Waals surface area contributed by atoms with E-state index in [9.17, 15) is 36.2 Å². The predicted octanol–water partition coefficient (Wildman–Crippen LogP) is 3.87. The topological polar surface area (TPSA) is 287 Å². The molecule has 4 aromatic carbocycles. The van der Waals surface area contributed by atoms with E-state index >= 15 is 0 Å². The van der Waals surface area contributed by atoms with Gasteiger partial charge in [0.1, 0.15) is 20.2 Å². The number of benzene rings is 4. The molecule has 0 aliphatic heterocycles. The van der Waals surface area contributed by atoms with Crippen LogP contribution in [0, 0.1) is 0 Å². The number of nitrogens with one attached hydrogen (secondary N) is 4. The molecule has 6 N–H and O–H groups in total. The van der Waals surface area contributed by atoms with E-state index in [4.69, 9.17) is 0 Å². The SMILES string of the molecule is CN(CCO)c1nc(Nc2ccccc2)nc(Nc2ccc(/C=C/c3ccc(Nc4nc(Nc5ccccc5)nc(N(C)CCO)n4)cc3S(=O)(=O)[O-])c(S(=O)(=O)[O-])c2)n1. The number of anilines is 10. The summed E-state index contributed by atoms with van der Waals surface area (Å²) in [6.45, 7) is 0.0195. The molecule has 0 amide bonds. The van der Waals surface area contributed by atoms with Crippen molar-refractivity contribution in [3.63, 3.8) is 0 Å². The van der Waals surface area contributed by atoms with E-state index in [2.05, 4.69) is 51.2 Å². The van der Waals surface area contributed by atoms with Crippen molar-refractivity contribution in [3.8, 4) is 0 Å². The van der Waals surface area contributed by atoms with Gasteiger partial charge < -0.3 is 50.4 Å². The Balaban J connectivity index is 1.29. The van der Waals surface area contributed by atoms with Gasteiger partial charge in [0.25, 0.3) is 0 Å². The Morgan fingerprint density at radius 3 is 1.17 bits per heavy atom. The molecular formula is C38H38N12O8S2-2. The van der Waals surface area contributed by atoms with Gasteiger partial charge in [-0.25, -0.2) is 16.8 Å². The Bertz CT molecular complexity index is 2510. The van der Waals surface area contributed by atoms with Crippen LogP contribution in [0.1, 0.15) is 11.1 Å². The Hall–Kier alpha value is -6.82. The summed E-state index contributed by atoms with van der Waals surface area (Å²) in [5.74, 6) is 0.579. The van der Waals surface area contributed by atoms with Crippen molar-refractivity contribution in [2.24, 2.45) is 0 Å². The summed E-state index contributed by atoms with van der Waals surface area (Å²) in [6, 6.07) is 25.7. The molecular weight excluding hydrogens is 817 g/mol. The molecule has 0 atom stereocenters. The number of aromatic nitrogens is 6. The third-order valence-corrected chi connectivity index (χ3v) is 10.2. The fourth-order valence-electron chi connectivity index (χ4n) is 5.47. The van der Waals surface area contributed by atoms with E-state index < -0.39 is 30.0 Å². The molecule has 312 valence electrons. The molecule has 6 rings (SSSR count). The Morgan fingerprint density at radius 1 is 0.517 bits per heavy atom. The summed E-state index contributed by atoms with van der Waals surface area (Å²) in [5.41, 5.74) is 1.34. The van der Waals surface area contributed by atoms with Crippen molar-refractivity contribution in [2.75, 3.05) is 71.5 Å². The van der Waals surface area contributed by atoms with Gasteiger partial charge in [0, 0.05) is 49.9 Å². The number of likely N-dealkylation sites (N-methyl/N-ethyl adjacent to an activating group) is 2. The van der Waals surface area contributed by atoms with Gasteiger partial charge in [-0.1, -0.05) is 60.7 Å². The average Bonchev–Trinajstić information content (AvgIpc) is 3.20. The normalized spacial score (nSPS) is 11.6. The van der Waals surface area contributed by atoms with Gasteiger partial charge in [0.2, 0.25) is 35.7 Å². The van der Waals surface area contributed by atoms with E-state index in [0.29, 0.717) is 11.4 Å². The number of nitrogens with zero attached hydrogens (tertiary/aromatic N) is 8. The lowest BCUT2D eigenvalue weighted by molar-refractivity contribution is 0.303. The van der Waals surface area contributed by atoms with Crippen molar-refractivity contribution in [3.05, 3.63) is 108 Å². The predicted molar refractivity (Wildman–Crippen MR) is 224 cm³/mol. The minimum absolute atomic E-state index is 0.0194. The fourth-order valence-corrected chi connectivity index (χ4v) is 6.86. The lowest BCUT2D eigenvalue weighted by atomic mass is 10.1. The van der Waals surface area contributed by atoms with Crippen LogP contribution in [-0.4, -0.2) is 106 Å². The first-order valence-corrected chi connectivity index (χ1v) is 20.7. The van der Waals surface area contributed by atoms with E-state index in [1.165, 1.54) is 36.4 Å². The standard InChI is InChI=1S/C38H40N12O8S2/c1-49(19-21-51)37-45-33(39-27-9-5-3-6-10-27)43-35(47-37)41-29-17-15-25(31(23-29)59(53,54)55)13-14-26-16-18-30(24-32(26)60(56,57)58)42-36-44-34(40-28-11-7-4-8-12-28)46-38(48-36)50(2)20-22-52/h3-18,23-24,51-52H,19-22H2,1-2H3,(H,53,54,55)(H,56,57,58)(H2,39,41,43,45,47)(H2,40,42,44,46,48)/p-2/b14-13+. The van der Waals surface area contributed by atoms with Gasteiger partial charge in [-0.2, -0.15) is 29.9 Å². The lowest BCUT2D eigenvalue weighted by Gasteiger charge is -2.18. The van der Waals surface area contributed by atoms with E-state index in [1.54, 1.807) is 48.2 Å². The molecule has 6 aromatic rings. The maximum absolute atomic E-state index is 12.5. The zero-order chi connectivity index (χ0) is 42.9. The minimum Gasteiger partial charge on any atom is -0.744 e. The molecule has 0 saturated heterocycles. The second-order valence-electron chi connectivity index (χ2n) is 12.8. The van der Waals surface area contributed by atoms with Crippen LogP contribution in [0.3, 0.4) is 0 Å². The first kappa shape index (κ1) is 42.8. The Kier molecular flexibility index (Phi) is 13.4. The molecule has 2 aromatic heterocycles. The molecule has 2 heterocycles. The Morgan fingerprint density at radius 2 is 0.850 bits per heavy atom. The second kappa shape index (κ2) is 18.8. The van der Waals surface area contributed by atoms with E-state index in [0.717, 1.165) is 12.1 Å². The number of hydrogen-bond donors (Lipinski definition) is 6. The van der Waals surface area contributed by atoms with Gasteiger partial charge >= 0.3 is 0 Å². The molecule has 0 fully saturated rings. The van der Waals surface area contributed by atoms with Gasteiger partial charge in [0.05, 0.1) is 23.0 Å². The number of para-hydroxylation sites is 2. The third kappa shape index (κ3) is 11.4. The zero-order valence-corrected chi connectivity index (χ0v) is 33.6. The van der Waals surface area contributed by atoms with Crippen LogP contribution in [0.15, 0.2) is 107 Å². The quantitative estimate of drug-likeness (QED) is 0.0528. The third-order valence-electron chi connectivity index (χ3n) is 8.38. The molecule has 0 aliphatic rings. The summed E-state index contributed by atoms with van der Waals surface area (Å²) >= 11 is 0. The summed E-state index contributed by atoms with van der Waals surface area (Å²) in [4.78, 5) is 28.1. The van der Waals surface area contributed by atoms with E-state index in [1.807, 2.05) is 36.4 Å². The van der Waals surface area contributed by atoms with Crippen molar-refractivity contribution in [1.82, 2.24) is 29.9 Å². The largest absolute Gasteiger partial charge is 0.744 e. The Labute approximate surface area is 345 Å². The highest BCUT2D eigenvalue weighted by Crippen LogP contribution is 2.29. The van der Waals surface area contributed by atoms with Crippen molar-refractivity contribution >= 4 is 90.8 Å². The zero-order valence-electron chi connectivity index (χ0n) is 32.0. The molecule has 0 radical (unpaired) electrons. The van der Waals surface area contributed by atoms with Crippen LogP contribution >= 0.6 is 0 Å². The van der Waals surface area contributed by atoms with Crippen LogP contribution < -0.4 is 31.1 Å². The van der Waals surface area contributed by atoms with Crippen LogP contribution in [0.5, 0.6) is 0 Å². The summed E-state index contributed by atoms with van der Waals surface area (Å²) in [5, 5.41) is 30.8. The highest BCUT2D eigenvalue weighted by atomic mass is 32.2. The van der Waals surface area contributed by atoms with Crippen molar-refractivity contribution < 1.29 is 36.2 Å². The number of aliphatic hydroxyl groups excluding tert-OH is 2. The van der Waals surface area contributed by atoms with Gasteiger partial charge in [-0.3, -0.25) is 0 Å². The second-order valence-corrected chi connectivity index (χ2v) is 15.5. The van der Waals surface area contributed by atoms with Crippen LogP contribution in [-0.2, 0) is 20.2 Å². The summed E-state index contributed by atoms with van der Waals surface area (Å²) in [6.07, 6.45) is 2.38. The molecule has 60 heavy (non-hydrogen) atoms. The molecule has 20 nitrogen and oxygen atoms in total. The molecule has 0 bridgehead atoms. The molecule has 0 spiro atoms. The van der Waals surface area contributed by atoms with Gasteiger partial charge in [0.15, 0.2) is 0 Å². The average molecular weight is 855 g/mol. The first-order chi connectivity index (χ1) is 28.7. The molecule has 22 heteroatoms. The van der Waals surface area contributed by atoms with Crippen molar-refractivity contribution in [1.29, 1.82) is 0 Å². The first-order valence-electron chi connectivity index (χ1n) is 17.9. The minimum atomic E-state index is -5.12. The number of aliphatic hydroxyl groups is 2. The van der Waals surface area contributed by atoms with Crippen LogP contribution in [0.25, 0.3) is 12.2 Å². The maximum atomic E-state index is 12.5. The molecule has 0 unspecified atom stereocenters. The highest BCUT2D eigenvalue weighted by molar-refractivity contribution is 7.86. The summed E-state index contributed by atoms with van der Waals surface area (Å²) < 4.78 is 75.2.